The van der Waals surface area contributed by atoms with Crippen molar-refractivity contribution >= 4 is 0 Å². The van der Waals surface area contributed by atoms with E-state index in [9.17, 15) is 0 Å². The second-order valence-electron chi connectivity index (χ2n) is 5.48. The summed E-state index contributed by atoms with van der Waals surface area (Å²) in [6.07, 6.45) is 5.27. The highest BCUT2D eigenvalue weighted by Gasteiger charge is 2.22. The van der Waals surface area contributed by atoms with Crippen molar-refractivity contribution < 1.29 is 4.74 Å². The maximum absolute atomic E-state index is 6.06. The molecule has 0 saturated heterocycles. The molecule has 0 aromatic heterocycles. The zero-order valence-corrected chi connectivity index (χ0v) is 11.2. The third-order valence-corrected chi connectivity index (χ3v) is 2.60. The molecule has 0 rings (SSSR count). The van der Waals surface area contributed by atoms with Gasteiger partial charge in [-0.05, 0) is 39.7 Å². The molecule has 92 valence electrons. The summed E-state index contributed by atoms with van der Waals surface area (Å²) >= 11 is 0. The molecule has 0 aliphatic carbocycles. The molecule has 0 aliphatic heterocycles. The van der Waals surface area contributed by atoms with Crippen LogP contribution in [0.15, 0.2) is 0 Å². The summed E-state index contributed by atoms with van der Waals surface area (Å²) in [6.45, 7) is 11.5. The highest BCUT2D eigenvalue weighted by molar-refractivity contribution is 4.72. The maximum Gasteiger partial charge on any atom is 0.0619 e. The first kappa shape index (κ1) is 14.9. The van der Waals surface area contributed by atoms with E-state index >= 15 is 0 Å². The standard InChI is InChI=1S/C13H29NO/c1-6-7-8-9-12(11(2)10-14)15-13(3,4)5/h11-12H,6-10,14H2,1-5H3. The second kappa shape index (κ2) is 7.24. The number of nitrogens with two attached hydrogens (primary N) is 1. The van der Waals surface area contributed by atoms with E-state index in [-0.39, 0.29) is 5.60 Å². The van der Waals surface area contributed by atoms with Crippen LogP contribution in [0.4, 0.5) is 0 Å². The van der Waals surface area contributed by atoms with Crippen molar-refractivity contribution in [1.29, 1.82) is 0 Å². The van der Waals surface area contributed by atoms with Gasteiger partial charge in [0.15, 0.2) is 0 Å². The van der Waals surface area contributed by atoms with E-state index in [1.54, 1.807) is 0 Å². The van der Waals surface area contributed by atoms with Crippen molar-refractivity contribution in [3.05, 3.63) is 0 Å². The summed E-state index contributed by atoms with van der Waals surface area (Å²) < 4.78 is 6.06. The summed E-state index contributed by atoms with van der Waals surface area (Å²) in [7, 11) is 0. The van der Waals surface area contributed by atoms with Crippen molar-refractivity contribution in [3.63, 3.8) is 0 Å². The Morgan fingerprint density at radius 3 is 2.20 bits per heavy atom. The van der Waals surface area contributed by atoms with Gasteiger partial charge in [-0.2, -0.15) is 0 Å². The van der Waals surface area contributed by atoms with E-state index in [0.717, 1.165) is 6.42 Å². The summed E-state index contributed by atoms with van der Waals surface area (Å²) in [5.41, 5.74) is 5.66. The molecule has 2 N–H and O–H groups in total. The van der Waals surface area contributed by atoms with Crippen LogP contribution in [0, 0.1) is 5.92 Å². The van der Waals surface area contributed by atoms with Crippen LogP contribution in [-0.2, 0) is 4.74 Å². The first-order valence-electron chi connectivity index (χ1n) is 6.28. The highest BCUT2D eigenvalue weighted by Crippen LogP contribution is 2.21. The van der Waals surface area contributed by atoms with Crippen molar-refractivity contribution in [3.8, 4) is 0 Å². The largest absolute Gasteiger partial charge is 0.372 e. The van der Waals surface area contributed by atoms with Crippen molar-refractivity contribution in [2.75, 3.05) is 6.54 Å². The lowest BCUT2D eigenvalue weighted by molar-refractivity contribution is -0.0844. The Morgan fingerprint density at radius 2 is 1.80 bits per heavy atom. The van der Waals surface area contributed by atoms with Gasteiger partial charge in [0, 0.05) is 0 Å². The summed E-state index contributed by atoms with van der Waals surface area (Å²) in [5.74, 6) is 0.459. The Kier molecular flexibility index (Phi) is 7.20. The molecule has 0 heterocycles. The van der Waals surface area contributed by atoms with Crippen LogP contribution in [0.2, 0.25) is 0 Å². The SMILES string of the molecule is CCCCCC(OC(C)(C)C)C(C)CN. The fraction of sp³-hybridized carbons (Fsp3) is 1.00. The van der Waals surface area contributed by atoms with Crippen LogP contribution >= 0.6 is 0 Å². The average Bonchev–Trinajstić information content (AvgIpc) is 2.13. The molecule has 15 heavy (non-hydrogen) atoms. The molecule has 2 nitrogen and oxygen atoms in total. The van der Waals surface area contributed by atoms with Gasteiger partial charge >= 0.3 is 0 Å². The Labute approximate surface area is 95.6 Å². The summed E-state index contributed by atoms with van der Waals surface area (Å²) in [6, 6.07) is 0. The molecule has 0 saturated carbocycles. The van der Waals surface area contributed by atoms with E-state index in [4.69, 9.17) is 10.5 Å². The first-order valence-corrected chi connectivity index (χ1v) is 6.28. The van der Waals surface area contributed by atoms with E-state index in [0.29, 0.717) is 18.6 Å². The zero-order chi connectivity index (χ0) is 11.9. The van der Waals surface area contributed by atoms with E-state index < -0.39 is 0 Å². The molecule has 0 aromatic rings. The topological polar surface area (TPSA) is 35.2 Å². The predicted octanol–water partition coefficient (Wildman–Crippen LogP) is 3.35. The van der Waals surface area contributed by atoms with Crippen molar-refractivity contribution in [2.45, 2.75) is 72.0 Å². The Morgan fingerprint density at radius 1 is 1.20 bits per heavy atom. The Hall–Kier alpha value is -0.0800. The smallest absolute Gasteiger partial charge is 0.0619 e. The van der Waals surface area contributed by atoms with Gasteiger partial charge in [0.1, 0.15) is 0 Å². The molecular formula is C13H29NO. The Bertz CT molecular complexity index is 151. The molecule has 0 fully saturated rings. The molecule has 2 unspecified atom stereocenters. The van der Waals surface area contributed by atoms with E-state index in [2.05, 4.69) is 34.6 Å². The summed E-state index contributed by atoms with van der Waals surface area (Å²) in [4.78, 5) is 0. The minimum absolute atomic E-state index is 0.0552. The number of unbranched alkanes of at least 4 members (excludes halogenated alkanes) is 2. The third kappa shape index (κ3) is 7.80. The molecular weight excluding hydrogens is 186 g/mol. The second-order valence-corrected chi connectivity index (χ2v) is 5.48. The fourth-order valence-electron chi connectivity index (χ4n) is 1.66. The van der Waals surface area contributed by atoms with Gasteiger partial charge in [0.2, 0.25) is 0 Å². The fourth-order valence-corrected chi connectivity index (χ4v) is 1.66. The third-order valence-electron chi connectivity index (χ3n) is 2.60. The molecule has 0 bridgehead atoms. The quantitative estimate of drug-likeness (QED) is 0.661. The predicted molar refractivity (Wildman–Crippen MR) is 67.0 cm³/mol. The lowest BCUT2D eigenvalue weighted by Crippen LogP contribution is -2.35. The minimum atomic E-state index is -0.0552. The van der Waals surface area contributed by atoms with Crippen molar-refractivity contribution in [1.82, 2.24) is 0 Å². The van der Waals surface area contributed by atoms with Crippen LogP contribution in [0.25, 0.3) is 0 Å². The van der Waals surface area contributed by atoms with E-state index in [1.807, 2.05) is 0 Å². The van der Waals surface area contributed by atoms with Gasteiger partial charge in [0.25, 0.3) is 0 Å². The summed E-state index contributed by atoms with van der Waals surface area (Å²) in [5, 5.41) is 0. The lowest BCUT2D eigenvalue weighted by atomic mass is 9.98. The van der Waals surface area contributed by atoms with Gasteiger partial charge in [-0.15, -0.1) is 0 Å². The van der Waals surface area contributed by atoms with Gasteiger partial charge in [-0.1, -0.05) is 33.1 Å². The maximum atomic E-state index is 6.06. The number of ether oxygens (including phenoxy) is 1. The zero-order valence-electron chi connectivity index (χ0n) is 11.2. The van der Waals surface area contributed by atoms with E-state index in [1.165, 1.54) is 19.3 Å². The average molecular weight is 215 g/mol. The lowest BCUT2D eigenvalue weighted by Gasteiger charge is -2.31. The normalized spacial score (nSPS) is 16.4. The molecule has 2 heteroatoms. The molecule has 0 spiro atoms. The monoisotopic (exact) mass is 215 g/mol. The number of hydrogen-bond acceptors (Lipinski definition) is 2. The minimum Gasteiger partial charge on any atom is -0.372 e. The first-order chi connectivity index (χ1) is 6.90. The van der Waals surface area contributed by atoms with Crippen molar-refractivity contribution in [2.24, 2.45) is 11.7 Å². The molecule has 0 aromatic carbocycles. The number of rotatable bonds is 7. The van der Waals surface area contributed by atoms with Crippen LogP contribution in [0.1, 0.15) is 60.3 Å². The highest BCUT2D eigenvalue weighted by atomic mass is 16.5. The Balaban J connectivity index is 4.07. The number of hydrogen-bond donors (Lipinski definition) is 1. The van der Waals surface area contributed by atoms with Crippen LogP contribution in [0.3, 0.4) is 0 Å². The van der Waals surface area contributed by atoms with Crippen LogP contribution in [0.5, 0.6) is 0 Å². The van der Waals surface area contributed by atoms with Gasteiger partial charge in [0.05, 0.1) is 11.7 Å². The molecule has 0 aliphatic rings. The van der Waals surface area contributed by atoms with Gasteiger partial charge < -0.3 is 10.5 Å². The molecule has 0 radical (unpaired) electrons. The van der Waals surface area contributed by atoms with Gasteiger partial charge in [-0.3, -0.25) is 0 Å². The van der Waals surface area contributed by atoms with Gasteiger partial charge in [-0.25, -0.2) is 0 Å². The van der Waals surface area contributed by atoms with Crippen LogP contribution < -0.4 is 5.73 Å². The van der Waals surface area contributed by atoms with Crippen LogP contribution in [-0.4, -0.2) is 18.2 Å². The molecule has 2 atom stereocenters. The molecule has 0 amide bonds.